The van der Waals surface area contributed by atoms with Crippen LogP contribution in [0.25, 0.3) is 0 Å². The van der Waals surface area contributed by atoms with Gasteiger partial charge in [0.05, 0.1) is 5.69 Å². The molecule has 92 valence electrons. The van der Waals surface area contributed by atoms with Crippen LogP contribution in [-0.4, -0.2) is 27.2 Å². The molecule has 0 bridgehead atoms. The molecule has 1 rings (SSSR count). The summed E-state index contributed by atoms with van der Waals surface area (Å²) < 4.78 is 2.03. The molecule has 0 aromatic carbocycles. The molecule has 0 radical (unpaired) electrons. The van der Waals surface area contributed by atoms with Gasteiger partial charge >= 0.3 is 0 Å². The van der Waals surface area contributed by atoms with E-state index >= 15 is 0 Å². The van der Waals surface area contributed by atoms with Gasteiger partial charge in [-0.05, 0) is 31.1 Å². The second-order valence-corrected chi connectivity index (χ2v) is 5.38. The normalized spacial score (nSPS) is 15.0. The van der Waals surface area contributed by atoms with Crippen LogP contribution in [0.4, 0.5) is 0 Å². The van der Waals surface area contributed by atoms with Crippen molar-refractivity contribution >= 4 is 11.8 Å². The summed E-state index contributed by atoms with van der Waals surface area (Å²) in [4.78, 5) is 0. The Balaban J connectivity index is 2.35. The Morgan fingerprint density at radius 3 is 2.88 bits per heavy atom. The van der Waals surface area contributed by atoms with E-state index < -0.39 is 0 Å². The molecule has 2 atom stereocenters. The summed E-state index contributed by atoms with van der Waals surface area (Å²) in [7, 11) is 0. The number of hydrogen-bond acceptors (Lipinski definition) is 3. The highest BCUT2D eigenvalue weighted by atomic mass is 32.2. The molecule has 0 saturated carbocycles. The molecule has 0 amide bonds. The van der Waals surface area contributed by atoms with Gasteiger partial charge in [0.1, 0.15) is 0 Å². The van der Waals surface area contributed by atoms with Crippen LogP contribution in [0.2, 0.25) is 0 Å². The lowest BCUT2D eigenvalue weighted by molar-refractivity contribution is 0.250. The van der Waals surface area contributed by atoms with Gasteiger partial charge in [0.15, 0.2) is 0 Å². The molecular formula is C12H22N2OS. The van der Waals surface area contributed by atoms with Crippen molar-refractivity contribution in [2.75, 3.05) is 12.4 Å². The van der Waals surface area contributed by atoms with Gasteiger partial charge in [-0.25, -0.2) is 0 Å². The van der Waals surface area contributed by atoms with E-state index in [1.807, 2.05) is 16.4 Å². The third-order valence-electron chi connectivity index (χ3n) is 2.67. The summed E-state index contributed by atoms with van der Waals surface area (Å²) in [6, 6.07) is 2.57. The zero-order chi connectivity index (χ0) is 12.0. The molecule has 2 unspecified atom stereocenters. The molecule has 0 fully saturated rings. The topological polar surface area (TPSA) is 38.0 Å². The molecule has 1 aromatic rings. The minimum Gasteiger partial charge on any atom is -0.396 e. The second kappa shape index (κ2) is 6.97. The lowest BCUT2D eigenvalue weighted by Gasteiger charge is -2.08. The highest BCUT2D eigenvalue weighted by molar-refractivity contribution is 7.98. The van der Waals surface area contributed by atoms with E-state index in [1.54, 1.807) is 0 Å². The van der Waals surface area contributed by atoms with E-state index in [1.165, 1.54) is 0 Å². The van der Waals surface area contributed by atoms with E-state index in [4.69, 9.17) is 5.11 Å². The minimum absolute atomic E-state index is 0.272. The average Bonchev–Trinajstić information content (AvgIpc) is 2.76. The molecule has 1 heterocycles. The highest BCUT2D eigenvalue weighted by Crippen LogP contribution is 2.16. The maximum atomic E-state index is 8.91. The Morgan fingerprint density at radius 2 is 2.25 bits per heavy atom. The summed E-state index contributed by atoms with van der Waals surface area (Å²) in [6.45, 7) is 6.68. The van der Waals surface area contributed by atoms with Crippen molar-refractivity contribution < 1.29 is 5.11 Å². The Bertz CT molecular complexity index is 301. The minimum atomic E-state index is 0.272. The summed E-state index contributed by atoms with van der Waals surface area (Å²) in [5, 5.41) is 13.4. The van der Waals surface area contributed by atoms with Crippen LogP contribution in [0.5, 0.6) is 0 Å². The van der Waals surface area contributed by atoms with Crippen molar-refractivity contribution in [1.82, 2.24) is 9.78 Å². The van der Waals surface area contributed by atoms with Gasteiger partial charge in [0, 0.05) is 24.6 Å². The van der Waals surface area contributed by atoms with E-state index in [9.17, 15) is 0 Å². The number of aliphatic hydroxyl groups is 1. The number of aromatic nitrogens is 2. The number of nitrogens with zero attached hydrogens (tertiary/aromatic N) is 2. The van der Waals surface area contributed by atoms with Gasteiger partial charge in [0.25, 0.3) is 0 Å². The monoisotopic (exact) mass is 242 g/mol. The molecule has 0 spiro atoms. The lowest BCUT2D eigenvalue weighted by Crippen LogP contribution is -2.05. The van der Waals surface area contributed by atoms with Crippen LogP contribution in [0, 0.1) is 5.92 Å². The maximum Gasteiger partial charge on any atom is 0.0723 e. The van der Waals surface area contributed by atoms with Crippen LogP contribution in [0.15, 0.2) is 12.3 Å². The number of rotatable bonds is 7. The number of thioether (sulfide) groups is 1. The Kier molecular flexibility index (Phi) is 5.91. The van der Waals surface area contributed by atoms with Crippen LogP contribution < -0.4 is 0 Å². The van der Waals surface area contributed by atoms with Gasteiger partial charge in [-0.3, -0.25) is 4.68 Å². The molecule has 0 aliphatic heterocycles. The first kappa shape index (κ1) is 13.6. The van der Waals surface area contributed by atoms with Crippen molar-refractivity contribution in [1.29, 1.82) is 0 Å². The Morgan fingerprint density at radius 1 is 1.50 bits per heavy atom. The molecule has 0 aliphatic carbocycles. The predicted molar refractivity (Wildman–Crippen MR) is 69.6 cm³/mol. The fraction of sp³-hybridized carbons (Fsp3) is 0.750. The molecule has 1 N–H and O–H groups in total. The summed E-state index contributed by atoms with van der Waals surface area (Å²) in [5.41, 5.74) is 1.13. The van der Waals surface area contributed by atoms with Crippen LogP contribution in [-0.2, 0) is 5.75 Å². The second-order valence-electron chi connectivity index (χ2n) is 4.35. The number of hydrogen-bond donors (Lipinski definition) is 1. The zero-order valence-corrected chi connectivity index (χ0v) is 11.2. The highest BCUT2D eigenvalue weighted by Gasteiger charge is 2.05. The van der Waals surface area contributed by atoms with E-state index in [2.05, 4.69) is 38.1 Å². The van der Waals surface area contributed by atoms with Crippen molar-refractivity contribution in [3.8, 4) is 0 Å². The maximum absolute atomic E-state index is 8.91. The largest absolute Gasteiger partial charge is 0.396 e. The molecule has 1 aromatic heterocycles. The standard InChI is InChI=1S/C12H22N2OS/c1-4-11(3)14-6-5-12(13-14)9-16-8-10(2)7-15/h5-6,10-11,15H,4,7-9H2,1-3H3. The fourth-order valence-corrected chi connectivity index (χ4v) is 2.29. The van der Waals surface area contributed by atoms with E-state index in [-0.39, 0.29) is 6.61 Å². The Hall–Kier alpha value is -0.480. The van der Waals surface area contributed by atoms with E-state index in [0.29, 0.717) is 12.0 Å². The summed E-state index contributed by atoms with van der Waals surface area (Å²) >= 11 is 1.84. The lowest BCUT2D eigenvalue weighted by atomic mass is 10.2. The molecule has 4 heteroatoms. The van der Waals surface area contributed by atoms with Crippen molar-refractivity contribution in [3.63, 3.8) is 0 Å². The predicted octanol–water partition coefficient (Wildman–Crippen LogP) is 2.72. The first-order chi connectivity index (χ1) is 7.67. The van der Waals surface area contributed by atoms with Crippen molar-refractivity contribution in [2.24, 2.45) is 5.92 Å². The molecular weight excluding hydrogens is 220 g/mol. The van der Waals surface area contributed by atoms with Gasteiger partial charge in [0.2, 0.25) is 0 Å². The quantitative estimate of drug-likeness (QED) is 0.799. The first-order valence-corrected chi connectivity index (χ1v) is 7.05. The van der Waals surface area contributed by atoms with Crippen LogP contribution in [0.1, 0.15) is 38.9 Å². The van der Waals surface area contributed by atoms with Crippen LogP contribution in [0.3, 0.4) is 0 Å². The zero-order valence-electron chi connectivity index (χ0n) is 10.4. The van der Waals surface area contributed by atoms with Crippen molar-refractivity contribution in [3.05, 3.63) is 18.0 Å². The third-order valence-corrected chi connectivity index (χ3v) is 3.97. The molecule has 3 nitrogen and oxygen atoms in total. The first-order valence-electron chi connectivity index (χ1n) is 5.90. The Labute approximate surface area is 102 Å². The smallest absolute Gasteiger partial charge is 0.0723 e. The average molecular weight is 242 g/mol. The fourth-order valence-electron chi connectivity index (χ4n) is 1.30. The summed E-state index contributed by atoms with van der Waals surface area (Å²) in [6.07, 6.45) is 3.16. The van der Waals surface area contributed by atoms with Crippen molar-refractivity contribution in [2.45, 2.75) is 39.0 Å². The van der Waals surface area contributed by atoms with Gasteiger partial charge in [-0.1, -0.05) is 13.8 Å². The van der Waals surface area contributed by atoms with Crippen LogP contribution >= 0.6 is 11.8 Å². The van der Waals surface area contributed by atoms with Gasteiger partial charge < -0.3 is 5.11 Å². The summed E-state index contributed by atoms with van der Waals surface area (Å²) in [5.74, 6) is 2.31. The molecule has 0 aliphatic rings. The van der Waals surface area contributed by atoms with Gasteiger partial charge in [-0.2, -0.15) is 16.9 Å². The molecule has 0 saturated heterocycles. The molecule has 16 heavy (non-hydrogen) atoms. The van der Waals surface area contributed by atoms with E-state index in [0.717, 1.165) is 23.6 Å². The SMILES string of the molecule is CCC(C)n1ccc(CSCC(C)CO)n1. The van der Waals surface area contributed by atoms with Gasteiger partial charge in [-0.15, -0.1) is 0 Å². The third kappa shape index (κ3) is 4.18. The number of aliphatic hydroxyl groups excluding tert-OH is 1.